The van der Waals surface area contributed by atoms with Gasteiger partial charge in [-0.1, -0.05) is 19.1 Å². The van der Waals surface area contributed by atoms with Gasteiger partial charge in [-0.25, -0.2) is 0 Å². The molecule has 150 valence electrons. The Morgan fingerprint density at radius 2 is 2.21 bits per heavy atom. The molecule has 2 heterocycles. The second-order valence-electron chi connectivity index (χ2n) is 9.11. The number of carbonyl (C=O) groups excluding carboxylic acids is 1. The Hall–Kier alpha value is -1.85. The Kier molecular flexibility index (Phi) is 4.48. The summed E-state index contributed by atoms with van der Waals surface area (Å²) in [7, 11) is 2.20. The first-order valence-electron chi connectivity index (χ1n) is 10.9. The van der Waals surface area contributed by atoms with Crippen molar-refractivity contribution in [1.29, 1.82) is 0 Å². The molecule has 1 saturated carbocycles. The molecule has 5 nitrogen and oxygen atoms in total. The summed E-state index contributed by atoms with van der Waals surface area (Å²) in [5.41, 5.74) is 5.77. The summed E-state index contributed by atoms with van der Waals surface area (Å²) < 4.78 is 0. The molecule has 3 aliphatic rings. The first-order valence-corrected chi connectivity index (χ1v) is 10.9. The van der Waals surface area contributed by atoms with Gasteiger partial charge in [0.2, 0.25) is 5.91 Å². The van der Waals surface area contributed by atoms with Gasteiger partial charge < -0.3 is 20.3 Å². The number of carbonyl (C=O) groups is 1. The highest BCUT2D eigenvalue weighted by atomic mass is 16.3. The van der Waals surface area contributed by atoms with E-state index in [0.29, 0.717) is 18.4 Å². The first-order chi connectivity index (χ1) is 13.6. The molecule has 3 N–H and O–H groups in total. The van der Waals surface area contributed by atoms with E-state index in [1.165, 1.54) is 35.0 Å². The van der Waals surface area contributed by atoms with Gasteiger partial charge in [0.05, 0.1) is 12.5 Å². The van der Waals surface area contributed by atoms with E-state index >= 15 is 0 Å². The smallest absolute Gasteiger partial charge is 0.225 e. The molecular formula is C23H31N3O2. The van der Waals surface area contributed by atoms with Crippen LogP contribution in [0.25, 0.3) is 10.9 Å². The highest BCUT2D eigenvalue weighted by molar-refractivity contribution is 5.90. The molecule has 1 amide bonds. The number of rotatable bonds is 5. The van der Waals surface area contributed by atoms with Crippen LogP contribution in [-0.2, 0) is 11.2 Å². The van der Waals surface area contributed by atoms with Gasteiger partial charge in [-0.05, 0) is 62.3 Å². The van der Waals surface area contributed by atoms with E-state index in [1.54, 1.807) is 5.56 Å². The van der Waals surface area contributed by atoms with E-state index in [2.05, 4.69) is 40.4 Å². The number of nitrogens with zero attached hydrogens (tertiary/aromatic N) is 1. The Morgan fingerprint density at radius 1 is 1.39 bits per heavy atom. The number of aliphatic hydroxyl groups excluding tert-OH is 1. The molecule has 2 aromatic rings. The van der Waals surface area contributed by atoms with Crippen molar-refractivity contribution in [3.05, 3.63) is 35.0 Å². The lowest BCUT2D eigenvalue weighted by Gasteiger charge is -2.46. The van der Waals surface area contributed by atoms with Crippen LogP contribution in [0, 0.1) is 5.92 Å². The summed E-state index contributed by atoms with van der Waals surface area (Å²) in [6.45, 7) is 2.76. The van der Waals surface area contributed by atoms with Crippen LogP contribution in [0.1, 0.15) is 61.3 Å². The predicted octanol–water partition coefficient (Wildman–Crippen LogP) is 2.89. The quantitative estimate of drug-likeness (QED) is 0.746. The van der Waals surface area contributed by atoms with Gasteiger partial charge in [0.15, 0.2) is 0 Å². The number of H-pyrrole nitrogens is 1. The Bertz CT molecular complexity index is 897. The van der Waals surface area contributed by atoms with Crippen LogP contribution in [0.5, 0.6) is 0 Å². The zero-order chi connectivity index (χ0) is 19.4. The zero-order valence-corrected chi connectivity index (χ0v) is 16.9. The van der Waals surface area contributed by atoms with Crippen molar-refractivity contribution < 1.29 is 9.90 Å². The summed E-state index contributed by atoms with van der Waals surface area (Å²) >= 11 is 0. The summed E-state index contributed by atoms with van der Waals surface area (Å²) in [6, 6.07) is 7.33. The SMILES string of the molecule is CCC(CO)C(=O)NC1CC2c3cccc4[nH]c(C5CC5)c(c34)C[C@H]2N(C)C1. The van der Waals surface area contributed by atoms with Crippen molar-refractivity contribution in [2.45, 2.75) is 62.9 Å². The largest absolute Gasteiger partial charge is 0.396 e. The first kappa shape index (κ1) is 18.2. The lowest BCUT2D eigenvalue weighted by molar-refractivity contribution is -0.127. The summed E-state index contributed by atoms with van der Waals surface area (Å²) in [4.78, 5) is 18.7. The van der Waals surface area contributed by atoms with Gasteiger partial charge in [-0.15, -0.1) is 0 Å². The van der Waals surface area contributed by atoms with Gasteiger partial charge >= 0.3 is 0 Å². The van der Waals surface area contributed by atoms with Crippen LogP contribution < -0.4 is 5.32 Å². The van der Waals surface area contributed by atoms with Crippen LogP contribution in [0.4, 0.5) is 0 Å². The average Bonchev–Trinajstić information content (AvgIpc) is 3.46. The van der Waals surface area contributed by atoms with Crippen molar-refractivity contribution in [3.8, 4) is 0 Å². The maximum Gasteiger partial charge on any atom is 0.225 e. The molecule has 1 saturated heterocycles. The normalized spacial score (nSPS) is 28.2. The van der Waals surface area contributed by atoms with E-state index in [0.717, 1.165) is 25.3 Å². The van der Waals surface area contributed by atoms with Crippen LogP contribution in [0.15, 0.2) is 18.2 Å². The van der Waals surface area contributed by atoms with Crippen LogP contribution in [0.3, 0.4) is 0 Å². The van der Waals surface area contributed by atoms with Gasteiger partial charge in [-0.3, -0.25) is 4.79 Å². The zero-order valence-electron chi connectivity index (χ0n) is 16.9. The van der Waals surface area contributed by atoms with Gasteiger partial charge in [0.25, 0.3) is 0 Å². The minimum absolute atomic E-state index is 0.00535. The topological polar surface area (TPSA) is 68.4 Å². The number of nitrogens with one attached hydrogen (secondary N) is 2. The Labute approximate surface area is 166 Å². The van der Waals surface area contributed by atoms with Crippen LogP contribution in [0.2, 0.25) is 0 Å². The third-order valence-corrected chi connectivity index (χ3v) is 7.30. The number of fused-ring (bicyclic) bond motifs is 2. The lowest BCUT2D eigenvalue weighted by Crippen LogP contribution is -2.55. The number of aromatic amines is 1. The van der Waals surface area contributed by atoms with Gasteiger partial charge in [0.1, 0.15) is 0 Å². The number of hydrogen-bond acceptors (Lipinski definition) is 3. The van der Waals surface area contributed by atoms with Crippen LogP contribution >= 0.6 is 0 Å². The molecule has 3 unspecified atom stereocenters. The second kappa shape index (κ2) is 6.89. The Balaban J connectivity index is 1.46. The maximum absolute atomic E-state index is 12.5. The Morgan fingerprint density at radius 3 is 2.93 bits per heavy atom. The molecule has 0 bridgehead atoms. The average molecular weight is 382 g/mol. The molecule has 0 radical (unpaired) electrons. The fraction of sp³-hybridized carbons (Fsp3) is 0.609. The van der Waals surface area contributed by atoms with Crippen molar-refractivity contribution in [3.63, 3.8) is 0 Å². The number of likely N-dealkylation sites (tertiary alicyclic amines) is 1. The highest BCUT2D eigenvalue weighted by Gasteiger charge is 2.42. The van der Waals surface area contributed by atoms with Gasteiger partial charge in [-0.2, -0.15) is 0 Å². The molecule has 2 aliphatic carbocycles. The van der Waals surface area contributed by atoms with Crippen molar-refractivity contribution in [1.82, 2.24) is 15.2 Å². The molecule has 1 aliphatic heterocycles. The van der Waals surface area contributed by atoms with E-state index in [9.17, 15) is 9.90 Å². The van der Waals surface area contributed by atoms with E-state index in [-0.39, 0.29) is 24.5 Å². The van der Waals surface area contributed by atoms with Crippen LogP contribution in [-0.4, -0.2) is 53.2 Å². The number of amides is 1. The third kappa shape index (κ3) is 2.87. The molecule has 0 spiro atoms. The molecule has 4 atom stereocenters. The molecule has 28 heavy (non-hydrogen) atoms. The number of aliphatic hydroxyl groups is 1. The number of piperidine rings is 1. The maximum atomic E-state index is 12.5. The highest BCUT2D eigenvalue weighted by Crippen LogP contribution is 2.49. The number of likely N-dealkylation sites (N-methyl/N-ethyl adjacent to an activating group) is 1. The van der Waals surface area contributed by atoms with Crippen molar-refractivity contribution in [2.75, 3.05) is 20.2 Å². The standard InChI is InChI=1S/C23H31N3O2/c1-3-13(12-27)23(28)24-15-9-17-16-5-4-6-19-21(16)18(10-20(17)26(2)11-15)22(25-19)14-7-8-14/h4-6,13-15,17,20,25,27H,3,7-12H2,1-2H3,(H,24,28)/t13?,15?,17?,20-/m1/s1. The minimum Gasteiger partial charge on any atom is -0.396 e. The molecule has 1 aromatic carbocycles. The number of benzene rings is 1. The lowest BCUT2D eigenvalue weighted by atomic mass is 9.73. The van der Waals surface area contributed by atoms with Crippen molar-refractivity contribution >= 4 is 16.8 Å². The van der Waals surface area contributed by atoms with Crippen molar-refractivity contribution in [2.24, 2.45) is 5.92 Å². The van der Waals surface area contributed by atoms with E-state index in [4.69, 9.17) is 0 Å². The predicted molar refractivity (Wildman–Crippen MR) is 111 cm³/mol. The summed E-state index contributed by atoms with van der Waals surface area (Å²) in [6.07, 6.45) is 5.39. The molecular weight excluding hydrogens is 350 g/mol. The van der Waals surface area contributed by atoms with Gasteiger partial charge in [0, 0.05) is 41.1 Å². The summed E-state index contributed by atoms with van der Waals surface area (Å²) in [5.74, 6) is 0.874. The fourth-order valence-electron chi connectivity index (χ4n) is 5.60. The molecule has 5 rings (SSSR count). The molecule has 5 heteroatoms. The monoisotopic (exact) mass is 381 g/mol. The third-order valence-electron chi connectivity index (χ3n) is 7.30. The number of aromatic nitrogens is 1. The minimum atomic E-state index is -0.296. The van der Waals surface area contributed by atoms with E-state index in [1.807, 2.05) is 6.92 Å². The fourth-order valence-corrected chi connectivity index (χ4v) is 5.60. The second-order valence-corrected chi connectivity index (χ2v) is 9.11. The summed E-state index contributed by atoms with van der Waals surface area (Å²) in [5, 5.41) is 14.1. The number of hydrogen-bond donors (Lipinski definition) is 3. The molecule has 2 fully saturated rings. The van der Waals surface area contributed by atoms with E-state index < -0.39 is 0 Å². The molecule has 1 aromatic heterocycles.